The van der Waals surface area contributed by atoms with Crippen LogP contribution < -0.4 is 5.68 Å². The average Bonchev–Trinajstić information content (AvgIpc) is 2.70. The minimum absolute atomic E-state index is 0.209. The summed E-state index contributed by atoms with van der Waals surface area (Å²) in [5.74, 6) is 1.28. The highest BCUT2D eigenvalue weighted by Crippen LogP contribution is 2.25. The maximum atomic E-state index is 6.28. The Balaban J connectivity index is 2.47. The summed E-state index contributed by atoms with van der Waals surface area (Å²) >= 11 is 0. The standard InChI is InChI=1S/C17H29BN2O/c1-12(2)19-17-20(13(3)4)15-10-8-6-5-7-9-14(18)11-16(15)21-17/h12-14H,5-11H2,1-4H3. The lowest BCUT2D eigenvalue weighted by Gasteiger charge is -2.16. The molecule has 1 aliphatic carbocycles. The summed E-state index contributed by atoms with van der Waals surface area (Å²) in [4.78, 5) is 4.67. The van der Waals surface area contributed by atoms with Crippen LogP contribution in [0.3, 0.4) is 0 Å². The van der Waals surface area contributed by atoms with Gasteiger partial charge in [-0.25, -0.2) is 4.99 Å². The van der Waals surface area contributed by atoms with E-state index in [2.05, 4.69) is 37.3 Å². The Labute approximate surface area is 130 Å². The van der Waals surface area contributed by atoms with Crippen molar-refractivity contribution in [2.24, 2.45) is 4.99 Å². The topological polar surface area (TPSA) is 30.4 Å². The highest BCUT2D eigenvalue weighted by Gasteiger charge is 2.20. The minimum atomic E-state index is 0.209. The van der Waals surface area contributed by atoms with Crippen molar-refractivity contribution in [1.82, 2.24) is 4.57 Å². The van der Waals surface area contributed by atoms with Crippen molar-refractivity contribution in [1.29, 1.82) is 0 Å². The minimum Gasteiger partial charge on any atom is -0.428 e. The summed E-state index contributed by atoms with van der Waals surface area (Å²) in [6.45, 7) is 8.58. The monoisotopic (exact) mass is 288 g/mol. The smallest absolute Gasteiger partial charge is 0.297 e. The molecule has 0 bridgehead atoms. The molecule has 1 unspecified atom stereocenters. The van der Waals surface area contributed by atoms with Gasteiger partial charge in [-0.15, -0.1) is 0 Å². The largest absolute Gasteiger partial charge is 0.428 e. The maximum Gasteiger partial charge on any atom is 0.297 e. The highest BCUT2D eigenvalue weighted by atomic mass is 16.4. The summed E-state index contributed by atoms with van der Waals surface area (Å²) in [6, 6.07) is 0.611. The van der Waals surface area contributed by atoms with Gasteiger partial charge in [0.1, 0.15) is 5.76 Å². The molecule has 2 rings (SSSR count). The van der Waals surface area contributed by atoms with E-state index in [1.807, 2.05) is 0 Å². The molecule has 1 aliphatic rings. The quantitative estimate of drug-likeness (QED) is 0.757. The third kappa shape index (κ3) is 4.27. The Morgan fingerprint density at radius 1 is 1.14 bits per heavy atom. The van der Waals surface area contributed by atoms with E-state index in [1.165, 1.54) is 31.4 Å². The zero-order chi connectivity index (χ0) is 15.4. The summed E-state index contributed by atoms with van der Waals surface area (Å²) in [6.07, 6.45) is 8.07. The van der Waals surface area contributed by atoms with Crippen LogP contribution in [-0.2, 0) is 12.8 Å². The summed E-state index contributed by atoms with van der Waals surface area (Å²) < 4.78 is 8.41. The first-order valence-corrected chi connectivity index (χ1v) is 8.51. The van der Waals surface area contributed by atoms with E-state index in [4.69, 9.17) is 12.3 Å². The fraction of sp³-hybridized carbons (Fsp3) is 0.824. The van der Waals surface area contributed by atoms with E-state index in [0.29, 0.717) is 6.04 Å². The molecule has 2 radical (unpaired) electrons. The van der Waals surface area contributed by atoms with E-state index in [-0.39, 0.29) is 11.9 Å². The van der Waals surface area contributed by atoms with Gasteiger partial charge < -0.3 is 4.42 Å². The second-order valence-electron chi connectivity index (χ2n) is 6.86. The van der Waals surface area contributed by atoms with Crippen LogP contribution in [0.5, 0.6) is 0 Å². The van der Waals surface area contributed by atoms with Crippen molar-refractivity contribution < 1.29 is 4.42 Å². The molecule has 0 saturated heterocycles. The maximum absolute atomic E-state index is 6.28. The molecule has 3 nitrogen and oxygen atoms in total. The average molecular weight is 288 g/mol. The van der Waals surface area contributed by atoms with Crippen molar-refractivity contribution in [3.63, 3.8) is 0 Å². The van der Waals surface area contributed by atoms with Gasteiger partial charge in [0.2, 0.25) is 0 Å². The molecule has 0 spiro atoms. The van der Waals surface area contributed by atoms with Crippen molar-refractivity contribution >= 4 is 7.85 Å². The van der Waals surface area contributed by atoms with Crippen LogP contribution in [0.1, 0.15) is 77.3 Å². The van der Waals surface area contributed by atoms with Gasteiger partial charge in [-0.1, -0.05) is 31.5 Å². The Hall–Kier alpha value is -0.925. The zero-order valence-electron chi connectivity index (χ0n) is 14.1. The Bertz CT molecular complexity index is 513. The van der Waals surface area contributed by atoms with E-state index < -0.39 is 0 Å². The molecule has 0 amide bonds. The molecule has 1 aromatic rings. The van der Waals surface area contributed by atoms with Crippen LogP contribution in [0, 0.1) is 0 Å². The Morgan fingerprint density at radius 3 is 2.52 bits per heavy atom. The Kier molecular flexibility index (Phi) is 5.77. The molecule has 0 aromatic carbocycles. The van der Waals surface area contributed by atoms with Crippen LogP contribution in [-0.4, -0.2) is 18.5 Å². The molecule has 0 saturated carbocycles. The fourth-order valence-electron chi connectivity index (χ4n) is 3.12. The molecule has 0 aliphatic heterocycles. The van der Waals surface area contributed by atoms with Crippen molar-refractivity contribution in [2.75, 3.05) is 0 Å². The first kappa shape index (κ1) is 16.4. The molecular weight excluding hydrogens is 259 g/mol. The first-order chi connectivity index (χ1) is 9.99. The SMILES string of the molecule is [B]C1CCCCCCc2c(oc(=NC(C)C)n2C(C)C)C1. The molecular formula is C17H29BN2O. The fourth-order valence-corrected chi connectivity index (χ4v) is 3.12. The number of aromatic nitrogens is 1. The van der Waals surface area contributed by atoms with E-state index >= 15 is 0 Å². The van der Waals surface area contributed by atoms with Gasteiger partial charge in [0, 0.05) is 18.5 Å². The molecule has 116 valence electrons. The summed E-state index contributed by atoms with van der Waals surface area (Å²) in [5.41, 5.74) is 2.10. The number of rotatable bonds is 2. The number of oxazole rings is 1. The van der Waals surface area contributed by atoms with Gasteiger partial charge in [-0.2, -0.15) is 0 Å². The van der Waals surface area contributed by atoms with Crippen molar-refractivity contribution in [2.45, 2.75) is 90.5 Å². The van der Waals surface area contributed by atoms with Gasteiger partial charge in [-0.05, 0) is 40.5 Å². The first-order valence-electron chi connectivity index (χ1n) is 8.51. The van der Waals surface area contributed by atoms with Crippen molar-refractivity contribution in [3.8, 4) is 0 Å². The van der Waals surface area contributed by atoms with Crippen LogP contribution in [0.15, 0.2) is 9.41 Å². The number of hydrogen-bond donors (Lipinski definition) is 0. The third-order valence-corrected chi connectivity index (χ3v) is 4.10. The van der Waals surface area contributed by atoms with Gasteiger partial charge >= 0.3 is 0 Å². The highest BCUT2D eigenvalue weighted by molar-refractivity contribution is 6.11. The van der Waals surface area contributed by atoms with E-state index in [9.17, 15) is 0 Å². The molecule has 1 heterocycles. The lowest BCUT2D eigenvalue weighted by atomic mass is 9.78. The molecule has 21 heavy (non-hydrogen) atoms. The van der Waals surface area contributed by atoms with E-state index in [1.54, 1.807) is 0 Å². The second kappa shape index (κ2) is 7.37. The number of fused-ring (bicyclic) bond motifs is 1. The molecule has 0 fully saturated rings. The summed E-state index contributed by atoms with van der Waals surface area (Å²) in [7, 11) is 6.28. The lowest BCUT2D eigenvalue weighted by Crippen LogP contribution is -2.22. The van der Waals surface area contributed by atoms with Crippen LogP contribution in [0.2, 0.25) is 5.82 Å². The molecule has 1 aromatic heterocycles. The van der Waals surface area contributed by atoms with E-state index in [0.717, 1.165) is 30.7 Å². The van der Waals surface area contributed by atoms with Gasteiger partial charge in [0.15, 0.2) is 0 Å². The number of hydrogen-bond acceptors (Lipinski definition) is 2. The predicted octanol–water partition coefficient (Wildman–Crippen LogP) is 3.98. The van der Waals surface area contributed by atoms with Gasteiger partial charge in [0.05, 0.1) is 13.5 Å². The van der Waals surface area contributed by atoms with Crippen LogP contribution >= 0.6 is 0 Å². The molecule has 4 heteroatoms. The number of nitrogens with zero attached hydrogens (tertiary/aromatic N) is 2. The van der Waals surface area contributed by atoms with Crippen LogP contribution in [0.4, 0.5) is 0 Å². The summed E-state index contributed by atoms with van der Waals surface area (Å²) in [5, 5.41) is 0. The van der Waals surface area contributed by atoms with Gasteiger partial charge in [0.25, 0.3) is 5.68 Å². The normalized spacial score (nSPS) is 21.8. The third-order valence-electron chi connectivity index (χ3n) is 4.10. The van der Waals surface area contributed by atoms with Crippen molar-refractivity contribution in [3.05, 3.63) is 17.1 Å². The van der Waals surface area contributed by atoms with Gasteiger partial charge in [-0.3, -0.25) is 4.57 Å². The molecule has 1 atom stereocenters. The zero-order valence-corrected chi connectivity index (χ0v) is 14.1. The van der Waals surface area contributed by atoms with Crippen LogP contribution in [0.25, 0.3) is 0 Å². The molecule has 0 N–H and O–H groups in total. The Morgan fingerprint density at radius 2 is 1.86 bits per heavy atom. The lowest BCUT2D eigenvalue weighted by molar-refractivity contribution is 0.402. The second-order valence-corrected chi connectivity index (χ2v) is 6.86. The predicted molar refractivity (Wildman–Crippen MR) is 87.8 cm³/mol.